The summed E-state index contributed by atoms with van der Waals surface area (Å²) in [5.74, 6) is -0.473. The van der Waals surface area contributed by atoms with E-state index in [1.807, 2.05) is 47.4 Å². The number of hydrogen-bond donors (Lipinski definition) is 3. The Balaban J connectivity index is 1.28. The predicted octanol–water partition coefficient (Wildman–Crippen LogP) is 3.01. The zero-order chi connectivity index (χ0) is 29.2. The monoisotopic (exact) mass is 584 g/mol. The molecule has 2 aliphatic heterocycles. The van der Waals surface area contributed by atoms with Crippen molar-refractivity contribution in [1.82, 2.24) is 34.4 Å². The van der Waals surface area contributed by atoms with Crippen molar-refractivity contribution >= 4 is 27.2 Å². The van der Waals surface area contributed by atoms with Crippen LogP contribution in [0, 0.1) is 0 Å². The number of aromatic amines is 2. The minimum atomic E-state index is -3.77. The van der Waals surface area contributed by atoms with Crippen LogP contribution in [0.5, 0.6) is 0 Å². The maximum Gasteiger partial charge on any atom is 0.323 e. The molecule has 2 fully saturated rings. The molecule has 0 aliphatic carbocycles. The van der Waals surface area contributed by atoms with Crippen molar-refractivity contribution in [2.75, 3.05) is 12.0 Å². The molecule has 2 aliphatic rings. The first-order chi connectivity index (χ1) is 20.2. The van der Waals surface area contributed by atoms with Gasteiger partial charge in [0.15, 0.2) is 15.5 Å². The highest BCUT2D eigenvalue weighted by molar-refractivity contribution is 7.91. The fourth-order valence-electron chi connectivity index (χ4n) is 6.53. The largest absolute Gasteiger partial charge is 0.382 e. The summed E-state index contributed by atoms with van der Waals surface area (Å²) in [5, 5.41) is 4.40. The summed E-state index contributed by atoms with van der Waals surface area (Å²) in [4.78, 5) is 41.2. The van der Waals surface area contributed by atoms with Gasteiger partial charge in [0.1, 0.15) is 16.4 Å². The third-order valence-electron chi connectivity index (χ3n) is 8.36. The third-order valence-corrected chi connectivity index (χ3v) is 9.52. The van der Waals surface area contributed by atoms with Crippen LogP contribution in [0.4, 0.5) is 5.82 Å². The van der Waals surface area contributed by atoms with Gasteiger partial charge in [-0.1, -0.05) is 36.4 Å². The van der Waals surface area contributed by atoms with E-state index in [4.69, 9.17) is 10.7 Å². The van der Waals surface area contributed by atoms with Gasteiger partial charge in [-0.2, -0.15) is 9.61 Å². The maximum absolute atomic E-state index is 13.2. The van der Waals surface area contributed by atoms with Crippen LogP contribution in [0.1, 0.15) is 47.8 Å². The molecule has 0 unspecified atom stereocenters. The second-order valence-corrected chi connectivity index (χ2v) is 13.0. The number of nitrogen functional groups attached to an aromatic ring is 1. The van der Waals surface area contributed by atoms with E-state index in [2.05, 4.69) is 20.1 Å². The Hall–Kier alpha value is -4.78. The van der Waals surface area contributed by atoms with E-state index in [1.165, 1.54) is 10.7 Å². The lowest BCUT2D eigenvalue weighted by atomic mass is 9.87. The second kappa shape index (κ2) is 9.65. The molecule has 4 N–H and O–H groups in total. The molecule has 0 saturated carbocycles. The number of fused-ring (bicyclic) bond motifs is 3. The van der Waals surface area contributed by atoms with Gasteiger partial charge in [0.05, 0.1) is 17.6 Å². The minimum Gasteiger partial charge on any atom is -0.382 e. The first-order valence-corrected chi connectivity index (χ1v) is 15.6. The molecule has 4 aromatic heterocycles. The van der Waals surface area contributed by atoms with E-state index < -0.39 is 15.5 Å². The van der Waals surface area contributed by atoms with Gasteiger partial charge in [0.2, 0.25) is 0 Å². The Labute approximate surface area is 240 Å². The summed E-state index contributed by atoms with van der Waals surface area (Å²) in [6.07, 6.45) is 8.50. The number of carbonyl (C=O) groups is 1. The molecule has 5 aromatic rings. The number of aromatic nitrogens is 6. The van der Waals surface area contributed by atoms with Gasteiger partial charge in [0.25, 0.3) is 5.91 Å². The van der Waals surface area contributed by atoms with Crippen LogP contribution < -0.4 is 11.4 Å². The highest BCUT2D eigenvalue weighted by Crippen LogP contribution is 2.45. The highest BCUT2D eigenvalue weighted by Gasteiger charge is 2.46. The van der Waals surface area contributed by atoms with Crippen molar-refractivity contribution in [3.63, 3.8) is 0 Å². The van der Waals surface area contributed by atoms with Crippen LogP contribution >= 0.6 is 0 Å². The summed E-state index contributed by atoms with van der Waals surface area (Å²) in [6.45, 7) is 0. The number of nitrogens with two attached hydrogens (primary N) is 1. The first-order valence-electron chi connectivity index (χ1n) is 13.7. The van der Waals surface area contributed by atoms with Gasteiger partial charge < -0.3 is 20.6 Å². The van der Waals surface area contributed by atoms with Gasteiger partial charge in [-0.05, 0) is 31.7 Å². The van der Waals surface area contributed by atoms with Crippen LogP contribution in [0.3, 0.4) is 0 Å². The number of imidazole rings is 1. The lowest BCUT2D eigenvalue weighted by Gasteiger charge is -2.39. The molecule has 2 bridgehead atoms. The molecule has 1 aromatic carbocycles. The molecule has 0 radical (unpaired) electrons. The first kappa shape index (κ1) is 26.1. The molecule has 13 heteroatoms. The van der Waals surface area contributed by atoms with Crippen molar-refractivity contribution in [2.24, 2.45) is 0 Å². The number of pyridine rings is 1. The molecular weight excluding hydrogens is 556 g/mol. The summed E-state index contributed by atoms with van der Waals surface area (Å²) in [6, 6.07) is 13.5. The van der Waals surface area contributed by atoms with Gasteiger partial charge in [0, 0.05) is 53.3 Å². The van der Waals surface area contributed by atoms with E-state index >= 15 is 0 Å². The molecule has 12 nitrogen and oxygen atoms in total. The van der Waals surface area contributed by atoms with Crippen molar-refractivity contribution in [2.45, 2.75) is 48.6 Å². The summed E-state index contributed by atoms with van der Waals surface area (Å²) in [7, 11) is -3.77. The van der Waals surface area contributed by atoms with Crippen molar-refractivity contribution in [3.8, 4) is 22.4 Å². The average Bonchev–Trinajstić information content (AvgIpc) is 3.68. The van der Waals surface area contributed by atoms with Gasteiger partial charge in [-0.15, -0.1) is 0 Å². The molecule has 6 heterocycles. The molecule has 42 heavy (non-hydrogen) atoms. The number of piperidine rings is 1. The number of hydrogen-bond acceptors (Lipinski definition) is 8. The zero-order valence-electron chi connectivity index (χ0n) is 22.7. The Morgan fingerprint density at radius 2 is 1.76 bits per heavy atom. The lowest BCUT2D eigenvalue weighted by Crippen LogP contribution is -2.46. The van der Waals surface area contributed by atoms with E-state index in [1.54, 1.807) is 12.4 Å². The van der Waals surface area contributed by atoms with Crippen LogP contribution in [-0.2, 0) is 9.84 Å². The molecule has 7 rings (SSSR count). The van der Waals surface area contributed by atoms with Crippen molar-refractivity contribution in [3.05, 3.63) is 82.9 Å². The average molecular weight is 585 g/mol. The fourth-order valence-corrected chi connectivity index (χ4v) is 7.59. The predicted molar refractivity (Wildman–Crippen MR) is 156 cm³/mol. The number of nitrogens with zero attached hydrogens (tertiary/aromatic N) is 5. The number of anilines is 1. The molecule has 214 valence electrons. The van der Waals surface area contributed by atoms with Crippen LogP contribution in [0.25, 0.3) is 28.0 Å². The Bertz CT molecular complexity index is 1980. The number of nitrogens with one attached hydrogen (secondary N) is 2. The third kappa shape index (κ3) is 4.28. The van der Waals surface area contributed by atoms with Gasteiger partial charge in [-0.25, -0.2) is 18.2 Å². The quantitative estimate of drug-likeness (QED) is 0.283. The highest BCUT2D eigenvalue weighted by atomic mass is 32.2. The second-order valence-electron chi connectivity index (χ2n) is 11.0. The standard InChI is InChI=1S/C29H28N8O4S/c1-42(40,41)25-24(18-11-19-8-9-20(12-18)36(19)28(38)23-15-32-29(39)34-23)35-27-21(14-33-37(27)26(25)30)17-7-10-22(31-13-17)16-5-3-2-4-6-16/h2-7,10,13-15,18-20H,8-9,11-12,30H2,1H3,(H2,32,34,39)/t18-,19+,20-. The number of sulfone groups is 1. The summed E-state index contributed by atoms with van der Waals surface area (Å²) >= 11 is 0. The van der Waals surface area contributed by atoms with E-state index in [0.29, 0.717) is 29.7 Å². The molecule has 2 saturated heterocycles. The van der Waals surface area contributed by atoms with Crippen molar-refractivity contribution < 1.29 is 13.2 Å². The maximum atomic E-state index is 13.2. The van der Waals surface area contributed by atoms with Crippen molar-refractivity contribution in [1.29, 1.82) is 0 Å². The van der Waals surface area contributed by atoms with Crippen LogP contribution in [-0.4, -0.2) is 67.1 Å². The zero-order valence-corrected chi connectivity index (χ0v) is 23.5. The Kier molecular flexibility index (Phi) is 6.01. The number of benzene rings is 1. The topological polar surface area (TPSA) is 172 Å². The minimum absolute atomic E-state index is 0.00775. The Morgan fingerprint density at radius 1 is 1.02 bits per heavy atom. The van der Waals surface area contributed by atoms with Crippen LogP contribution in [0.15, 0.2) is 70.7 Å². The molecule has 0 spiro atoms. The molecule has 1 amide bonds. The summed E-state index contributed by atoms with van der Waals surface area (Å²) in [5.41, 5.74) is 10.4. The fraction of sp³-hybridized carbons (Fsp3) is 0.276. The van der Waals surface area contributed by atoms with E-state index in [-0.39, 0.29) is 40.3 Å². The molecule has 3 atom stereocenters. The number of H-pyrrole nitrogens is 2. The normalized spacial score (nSPS) is 20.3. The van der Waals surface area contributed by atoms with E-state index in [9.17, 15) is 18.0 Å². The van der Waals surface area contributed by atoms with Gasteiger partial charge >= 0.3 is 5.69 Å². The van der Waals surface area contributed by atoms with Crippen LogP contribution in [0.2, 0.25) is 0 Å². The SMILES string of the molecule is CS(=O)(=O)c1c([C@H]2C[C@H]3CC[C@@H](C2)N3C(=O)c2c[nH]c(=O)[nH]2)nc2c(-c3ccc(-c4ccccc4)nc3)cnn2c1N. The number of carbonyl (C=O) groups excluding carboxylic acids is 1. The van der Waals surface area contributed by atoms with E-state index in [0.717, 1.165) is 35.9 Å². The summed E-state index contributed by atoms with van der Waals surface area (Å²) < 4.78 is 27.5. The number of rotatable bonds is 5. The molecular formula is C29H28N8O4S. The Morgan fingerprint density at radius 3 is 2.38 bits per heavy atom. The number of amides is 1. The van der Waals surface area contributed by atoms with Gasteiger partial charge in [-0.3, -0.25) is 9.78 Å². The lowest BCUT2D eigenvalue weighted by molar-refractivity contribution is 0.0562. The smallest absolute Gasteiger partial charge is 0.323 e.